The number of aliphatic carboxylic acids is 1. The zero-order valence-corrected chi connectivity index (χ0v) is 22.3. The Morgan fingerprint density at radius 2 is 2.03 bits per heavy atom. The molecular formula is C28H35N7O4. The standard InChI is InChI=1S/C28H35N7O4/c1-3-34-22(10-11-30-34)25(36)32-24(17-6-4-16(2)5-7-17)21-15-35-23(31-21)9-8-19(33-35)13-28(27(38)39)20-12-18(20)14-29-26(28)37/h8-11,15-18,20,24H,3-7,12-14H2,1-2H3,(H,29,37)(H,32,36)(H,38,39)/t16?,17?,18?,20?,24-,28?/m0/s1. The number of amides is 2. The van der Waals surface area contributed by atoms with Gasteiger partial charge in [0.15, 0.2) is 11.1 Å². The van der Waals surface area contributed by atoms with Crippen LogP contribution in [0.15, 0.2) is 30.6 Å². The van der Waals surface area contributed by atoms with E-state index in [0.29, 0.717) is 36.0 Å². The topological polar surface area (TPSA) is 144 Å². The maximum atomic E-state index is 13.3. The highest BCUT2D eigenvalue weighted by molar-refractivity contribution is 6.03. The fourth-order valence-electron chi connectivity index (χ4n) is 6.68. The van der Waals surface area contributed by atoms with Crippen LogP contribution in [0.3, 0.4) is 0 Å². The maximum absolute atomic E-state index is 13.3. The van der Waals surface area contributed by atoms with Crippen LogP contribution in [0.1, 0.15) is 73.9 Å². The van der Waals surface area contributed by atoms with E-state index in [9.17, 15) is 19.5 Å². The van der Waals surface area contributed by atoms with Gasteiger partial charge in [0.05, 0.1) is 23.6 Å². The molecule has 3 aromatic heterocycles. The van der Waals surface area contributed by atoms with Crippen molar-refractivity contribution in [3.8, 4) is 0 Å². The zero-order valence-electron chi connectivity index (χ0n) is 22.3. The van der Waals surface area contributed by atoms with Gasteiger partial charge in [-0.05, 0) is 68.1 Å². The van der Waals surface area contributed by atoms with Crippen molar-refractivity contribution in [3.05, 3.63) is 47.7 Å². The van der Waals surface area contributed by atoms with E-state index in [0.717, 1.165) is 37.8 Å². The Hall–Kier alpha value is -3.76. The Kier molecular flexibility index (Phi) is 6.39. The first kappa shape index (κ1) is 25.5. The first-order valence-electron chi connectivity index (χ1n) is 14.0. The van der Waals surface area contributed by atoms with Crippen LogP contribution in [-0.2, 0) is 22.6 Å². The highest BCUT2D eigenvalue weighted by atomic mass is 16.4. The van der Waals surface area contributed by atoms with Crippen molar-refractivity contribution in [2.24, 2.45) is 29.1 Å². The smallest absolute Gasteiger partial charge is 0.319 e. The third-order valence-electron chi connectivity index (χ3n) is 9.11. The molecule has 3 unspecified atom stereocenters. The monoisotopic (exact) mass is 533 g/mol. The van der Waals surface area contributed by atoms with Gasteiger partial charge in [-0.15, -0.1) is 0 Å². The summed E-state index contributed by atoms with van der Waals surface area (Å²) < 4.78 is 3.32. The normalized spacial score (nSPS) is 28.9. The minimum Gasteiger partial charge on any atom is -0.480 e. The molecule has 2 amide bonds. The molecule has 4 heterocycles. The van der Waals surface area contributed by atoms with Gasteiger partial charge in [0.2, 0.25) is 5.91 Å². The van der Waals surface area contributed by atoms with Crippen molar-refractivity contribution in [2.75, 3.05) is 6.54 Å². The highest BCUT2D eigenvalue weighted by Crippen LogP contribution is 2.55. The molecule has 3 aliphatic rings. The molecule has 3 N–H and O–H groups in total. The summed E-state index contributed by atoms with van der Waals surface area (Å²) in [6, 6.07) is 4.99. The van der Waals surface area contributed by atoms with Crippen LogP contribution in [0, 0.1) is 29.1 Å². The summed E-state index contributed by atoms with van der Waals surface area (Å²) in [6.07, 6.45) is 8.40. The van der Waals surface area contributed by atoms with E-state index in [1.807, 2.05) is 13.1 Å². The summed E-state index contributed by atoms with van der Waals surface area (Å²) in [5, 5.41) is 25.1. The van der Waals surface area contributed by atoms with E-state index in [4.69, 9.17) is 4.98 Å². The van der Waals surface area contributed by atoms with Crippen LogP contribution >= 0.6 is 0 Å². The average molecular weight is 534 g/mol. The third kappa shape index (κ3) is 4.47. The lowest BCUT2D eigenvalue weighted by atomic mass is 9.75. The Balaban J connectivity index is 1.30. The highest BCUT2D eigenvalue weighted by Gasteiger charge is 2.64. The number of carboxylic acid groups (broad SMARTS) is 1. The van der Waals surface area contributed by atoms with E-state index in [-0.39, 0.29) is 36.1 Å². The summed E-state index contributed by atoms with van der Waals surface area (Å²) >= 11 is 0. The van der Waals surface area contributed by atoms with Gasteiger partial charge in [0.1, 0.15) is 5.69 Å². The van der Waals surface area contributed by atoms with Crippen LogP contribution in [0.2, 0.25) is 0 Å². The van der Waals surface area contributed by atoms with E-state index in [2.05, 4.69) is 27.8 Å². The van der Waals surface area contributed by atoms with E-state index in [1.165, 1.54) is 0 Å². The fraction of sp³-hybridized carbons (Fsp3) is 0.571. The SMILES string of the molecule is CCn1nccc1C(=O)N[C@H](c1cn2nc(CC3(C(=O)O)C(=O)NCC4CC43)ccc2n1)C1CCC(C)CC1. The minimum atomic E-state index is -1.50. The third-order valence-corrected chi connectivity index (χ3v) is 9.11. The lowest BCUT2D eigenvalue weighted by Crippen LogP contribution is -2.54. The quantitative estimate of drug-likeness (QED) is 0.378. The number of aromatic nitrogens is 5. The number of fused-ring (bicyclic) bond motifs is 2. The molecule has 0 radical (unpaired) electrons. The van der Waals surface area contributed by atoms with Crippen LogP contribution in [0.4, 0.5) is 0 Å². The first-order chi connectivity index (χ1) is 18.8. The molecule has 0 spiro atoms. The number of carbonyl (C=O) groups is 3. The summed E-state index contributed by atoms with van der Waals surface area (Å²) in [5.41, 5.74) is 0.873. The van der Waals surface area contributed by atoms with Crippen molar-refractivity contribution < 1.29 is 19.5 Å². The van der Waals surface area contributed by atoms with Crippen LogP contribution in [0.25, 0.3) is 5.65 Å². The molecule has 11 heteroatoms. The molecule has 0 bridgehead atoms. The fourth-order valence-corrected chi connectivity index (χ4v) is 6.68. The largest absolute Gasteiger partial charge is 0.480 e. The number of aryl methyl sites for hydroxylation is 1. The number of nitrogens with zero attached hydrogens (tertiary/aromatic N) is 5. The van der Waals surface area contributed by atoms with Crippen LogP contribution in [-0.4, -0.2) is 53.8 Å². The number of nitrogens with one attached hydrogen (secondary N) is 2. The van der Waals surface area contributed by atoms with E-state index < -0.39 is 17.3 Å². The molecule has 3 fully saturated rings. The summed E-state index contributed by atoms with van der Waals surface area (Å²) in [6.45, 7) is 5.35. The van der Waals surface area contributed by atoms with Crippen LogP contribution < -0.4 is 10.6 Å². The molecule has 1 saturated heterocycles. The van der Waals surface area contributed by atoms with Crippen LogP contribution in [0.5, 0.6) is 0 Å². The van der Waals surface area contributed by atoms with Gasteiger partial charge in [-0.25, -0.2) is 9.50 Å². The molecule has 0 aromatic carbocycles. The predicted molar refractivity (Wildman–Crippen MR) is 141 cm³/mol. The number of rotatable bonds is 8. The zero-order chi connectivity index (χ0) is 27.3. The summed E-state index contributed by atoms with van der Waals surface area (Å²) in [5.74, 6) is -0.758. The van der Waals surface area contributed by atoms with Crippen molar-refractivity contribution in [1.82, 2.24) is 35.0 Å². The molecule has 3 aromatic rings. The molecular weight excluding hydrogens is 498 g/mol. The summed E-state index contributed by atoms with van der Waals surface area (Å²) in [4.78, 5) is 43.3. The molecule has 2 aliphatic carbocycles. The number of carboxylic acids is 1. The van der Waals surface area contributed by atoms with E-state index >= 15 is 0 Å². The molecule has 6 rings (SSSR count). The molecule has 206 valence electrons. The number of piperidine rings is 1. The maximum Gasteiger partial charge on any atom is 0.319 e. The number of carbonyl (C=O) groups excluding carboxylic acids is 2. The predicted octanol–water partition coefficient (Wildman–Crippen LogP) is 2.62. The molecule has 2 saturated carbocycles. The Bertz CT molecular complexity index is 1420. The van der Waals surface area contributed by atoms with Crippen molar-refractivity contribution >= 4 is 23.4 Å². The van der Waals surface area contributed by atoms with E-state index in [1.54, 1.807) is 33.6 Å². The second kappa shape index (κ2) is 9.77. The van der Waals surface area contributed by atoms with Gasteiger partial charge < -0.3 is 15.7 Å². The number of hydrogen-bond acceptors (Lipinski definition) is 6. The molecule has 11 nitrogen and oxygen atoms in total. The van der Waals surface area contributed by atoms with Gasteiger partial charge in [-0.2, -0.15) is 10.2 Å². The lowest BCUT2D eigenvalue weighted by molar-refractivity contribution is -0.159. The Labute approximate surface area is 226 Å². The average Bonchev–Trinajstić information content (AvgIpc) is 3.36. The molecule has 39 heavy (non-hydrogen) atoms. The lowest BCUT2D eigenvalue weighted by Gasteiger charge is -2.32. The minimum absolute atomic E-state index is 0.0282. The Morgan fingerprint density at radius 1 is 1.23 bits per heavy atom. The summed E-state index contributed by atoms with van der Waals surface area (Å²) in [7, 11) is 0. The number of imidazole rings is 1. The first-order valence-corrected chi connectivity index (χ1v) is 14.0. The second-order valence-corrected chi connectivity index (χ2v) is 11.6. The Morgan fingerprint density at radius 3 is 2.77 bits per heavy atom. The van der Waals surface area contributed by atoms with Gasteiger partial charge >= 0.3 is 5.97 Å². The van der Waals surface area contributed by atoms with Crippen molar-refractivity contribution in [1.29, 1.82) is 0 Å². The van der Waals surface area contributed by atoms with Crippen molar-refractivity contribution in [2.45, 2.75) is 65.0 Å². The van der Waals surface area contributed by atoms with Gasteiger partial charge in [-0.3, -0.25) is 19.1 Å². The molecule has 1 aliphatic heterocycles. The second-order valence-electron chi connectivity index (χ2n) is 11.6. The van der Waals surface area contributed by atoms with Gasteiger partial charge in [-0.1, -0.05) is 19.8 Å². The number of hydrogen-bond donors (Lipinski definition) is 3. The van der Waals surface area contributed by atoms with Gasteiger partial charge in [0.25, 0.3) is 5.91 Å². The van der Waals surface area contributed by atoms with Crippen molar-refractivity contribution in [3.63, 3.8) is 0 Å². The van der Waals surface area contributed by atoms with Gasteiger partial charge in [0, 0.05) is 25.7 Å². The molecule has 4 atom stereocenters.